The van der Waals surface area contributed by atoms with Crippen LogP contribution >= 0.6 is 0 Å². The van der Waals surface area contributed by atoms with Gasteiger partial charge in [0.05, 0.1) is 25.0 Å². The second kappa shape index (κ2) is 4.85. The van der Waals surface area contributed by atoms with E-state index in [0.717, 1.165) is 11.3 Å². The van der Waals surface area contributed by atoms with Crippen LogP contribution in [0.2, 0.25) is 0 Å². The number of hydrogen-bond donors (Lipinski definition) is 1. The van der Waals surface area contributed by atoms with Gasteiger partial charge < -0.3 is 14.7 Å². The van der Waals surface area contributed by atoms with Gasteiger partial charge in [0.15, 0.2) is 0 Å². The van der Waals surface area contributed by atoms with Crippen molar-refractivity contribution in [2.75, 3.05) is 13.2 Å². The summed E-state index contributed by atoms with van der Waals surface area (Å²) in [6, 6.07) is 0. The van der Waals surface area contributed by atoms with Crippen molar-refractivity contribution in [3.05, 3.63) is 17.5 Å². The molecule has 6 heteroatoms. The molecule has 0 aliphatic carbocycles. The van der Waals surface area contributed by atoms with E-state index in [1.54, 1.807) is 15.8 Å². The van der Waals surface area contributed by atoms with E-state index >= 15 is 0 Å². The number of amides is 1. The van der Waals surface area contributed by atoms with Gasteiger partial charge in [-0.1, -0.05) is 0 Å². The van der Waals surface area contributed by atoms with E-state index in [4.69, 9.17) is 4.74 Å². The predicted octanol–water partition coefficient (Wildman–Crippen LogP) is 1.25. The van der Waals surface area contributed by atoms with Gasteiger partial charge in [0.2, 0.25) is 0 Å². The van der Waals surface area contributed by atoms with Crippen LogP contribution in [0.3, 0.4) is 0 Å². The summed E-state index contributed by atoms with van der Waals surface area (Å²) in [7, 11) is 1.85. The van der Waals surface area contributed by atoms with Gasteiger partial charge in [-0.15, -0.1) is 0 Å². The molecule has 2 heterocycles. The molecule has 1 N–H and O–H groups in total. The molecular formula is C13H21N3O3. The number of carbonyl (C=O) groups is 1. The maximum atomic E-state index is 12.1. The monoisotopic (exact) mass is 267 g/mol. The molecule has 1 aromatic heterocycles. The van der Waals surface area contributed by atoms with Gasteiger partial charge in [-0.25, -0.2) is 4.79 Å². The molecule has 0 spiro atoms. The highest BCUT2D eigenvalue weighted by molar-refractivity contribution is 5.68. The summed E-state index contributed by atoms with van der Waals surface area (Å²) >= 11 is 0. The van der Waals surface area contributed by atoms with E-state index in [1.165, 1.54) is 0 Å². The largest absolute Gasteiger partial charge is 0.444 e. The van der Waals surface area contributed by atoms with Gasteiger partial charge in [0, 0.05) is 25.1 Å². The van der Waals surface area contributed by atoms with Gasteiger partial charge in [-0.2, -0.15) is 5.10 Å². The zero-order chi connectivity index (χ0) is 14.2. The Labute approximate surface area is 113 Å². The van der Waals surface area contributed by atoms with Gasteiger partial charge in [-0.3, -0.25) is 4.68 Å². The number of hydrogen-bond acceptors (Lipinski definition) is 4. The minimum Gasteiger partial charge on any atom is -0.444 e. The number of fused-ring (bicyclic) bond motifs is 1. The quantitative estimate of drug-likeness (QED) is 0.831. The Balaban J connectivity index is 2.18. The van der Waals surface area contributed by atoms with E-state index in [0.29, 0.717) is 13.1 Å². The number of rotatable bonds is 1. The summed E-state index contributed by atoms with van der Waals surface area (Å²) in [4.78, 5) is 13.7. The minimum absolute atomic E-state index is 0.00810. The maximum Gasteiger partial charge on any atom is 0.410 e. The molecule has 1 aliphatic heterocycles. The van der Waals surface area contributed by atoms with Crippen LogP contribution < -0.4 is 0 Å². The van der Waals surface area contributed by atoms with Gasteiger partial charge in [0.25, 0.3) is 0 Å². The third kappa shape index (κ3) is 2.89. The molecule has 1 unspecified atom stereocenters. The zero-order valence-corrected chi connectivity index (χ0v) is 11.9. The highest BCUT2D eigenvalue weighted by Gasteiger charge is 2.32. The van der Waals surface area contributed by atoms with Crippen molar-refractivity contribution < 1.29 is 14.6 Å². The van der Waals surface area contributed by atoms with Crippen molar-refractivity contribution in [3.8, 4) is 0 Å². The fourth-order valence-corrected chi connectivity index (χ4v) is 2.37. The highest BCUT2D eigenvalue weighted by atomic mass is 16.6. The average Bonchev–Trinajstić information content (AvgIpc) is 2.68. The third-order valence-corrected chi connectivity index (χ3v) is 3.13. The molecule has 6 nitrogen and oxygen atoms in total. The molecule has 106 valence electrons. The maximum absolute atomic E-state index is 12.1. The molecule has 0 saturated carbocycles. The first-order valence-corrected chi connectivity index (χ1v) is 6.41. The van der Waals surface area contributed by atoms with Crippen molar-refractivity contribution in [2.45, 2.75) is 38.8 Å². The Bertz CT molecular complexity index is 476. The molecule has 19 heavy (non-hydrogen) atoms. The van der Waals surface area contributed by atoms with Crippen LogP contribution in [-0.2, 0) is 18.3 Å². The fraction of sp³-hybridized carbons (Fsp3) is 0.692. The summed E-state index contributed by atoms with van der Waals surface area (Å²) in [5.41, 5.74) is 1.46. The number of ether oxygens (including phenoxy) is 1. The molecule has 0 saturated heterocycles. The van der Waals surface area contributed by atoms with E-state index in [-0.39, 0.29) is 18.6 Å². The summed E-state index contributed by atoms with van der Waals surface area (Å²) in [5, 5.41) is 13.7. The standard InChI is InChI=1S/C13H21N3O3/c1-13(2,3)19-12(18)16-6-9-5-14-15(4)11(9)10(7-16)8-17/h5,10,17H,6-8H2,1-4H3. The summed E-state index contributed by atoms with van der Waals surface area (Å²) in [6.07, 6.45) is 1.40. The zero-order valence-electron chi connectivity index (χ0n) is 11.9. The highest BCUT2D eigenvalue weighted by Crippen LogP contribution is 2.28. The van der Waals surface area contributed by atoms with Crippen molar-refractivity contribution in [1.82, 2.24) is 14.7 Å². The van der Waals surface area contributed by atoms with Gasteiger partial charge in [-0.05, 0) is 20.8 Å². The number of aromatic nitrogens is 2. The van der Waals surface area contributed by atoms with Crippen LogP contribution in [0.5, 0.6) is 0 Å². The lowest BCUT2D eigenvalue weighted by Gasteiger charge is -2.33. The Kier molecular flexibility index (Phi) is 3.54. The molecule has 2 rings (SSSR count). The van der Waals surface area contributed by atoms with Crippen molar-refractivity contribution >= 4 is 6.09 Å². The Hall–Kier alpha value is -1.56. The molecule has 1 aliphatic rings. The number of carbonyl (C=O) groups excluding carboxylic acids is 1. The SMILES string of the molecule is Cn1ncc2c1C(CO)CN(C(=O)OC(C)(C)C)C2. The first-order chi connectivity index (χ1) is 8.81. The second-order valence-corrected chi connectivity index (χ2v) is 5.92. The Morgan fingerprint density at radius 3 is 2.84 bits per heavy atom. The lowest BCUT2D eigenvalue weighted by atomic mass is 9.97. The first kappa shape index (κ1) is 13.9. The second-order valence-electron chi connectivity index (χ2n) is 5.92. The number of aliphatic hydroxyl groups excluding tert-OH is 1. The smallest absolute Gasteiger partial charge is 0.410 e. The molecule has 1 aromatic rings. The van der Waals surface area contributed by atoms with Crippen LogP contribution in [0.4, 0.5) is 4.79 Å². The number of nitrogens with zero attached hydrogens (tertiary/aromatic N) is 3. The van der Waals surface area contributed by atoms with Gasteiger partial charge in [0.1, 0.15) is 5.60 Å². The van der Waals surface area contributed by atoms with Crippen molar-refractivity contribution in [2.24, 2.45) is 7.05 Å². The predicted molar refractivity (Wildman–Crippen MR) is 69.7 cm³/mol. The Morgan fingerprint density at radius 2 is 2.26 bits per heavy atom. The van der Waals surface area contributed by atoms with Crippen LogP contribution in [0.1, 0.15) is 37.9 Å². The van der Waals surface area contributed by atoms with Crippen LogP contribution in [0.15, 0.2) is 6.20 Å². The first-order valence-electron chi connectivity index (χ1n) is 6.41. The molecule has 0 aromatic carbocycles. The van der Waals surface area contributed by atoms with Crippen LogP contribution in [-0.4, -0.2) is 44.6 Å². The topological polar surface area (TPSA) is 67.6 Å². The fourth-order valence-electron chi connectivity index (χ4n) is 2.37. The van der Waals surface area contributed by atoms with E-state index < -0.39 is 5.60 Å². The van der Waals surface area contributed by atoms with E-state index in [2.05, 4.69) is 5.10 Å². The number of aryl methyl sites for hydroxylation is 1. The third-order valence-electron chi connectivity index (χ3n) is 3.13. The molecule has 0 bridgehead atoms. The summed E-state index contributed by atoms with van der Waals surface area (Å²) in [5.74, 6) is -0.108. The molecule has 0 radical (unpaired) electrons. The normalized spacial score (nSPS) is 19.2. The lowest BCUT2D eigenvalue weighted by molar-refractivity contribution is 0.0188. The van der Waals surface area contributed by atoms with E-state index in [1.807, 2.05) is 27.8 Å². The summed E-state index contributed by atoms with van der Waals surface area (Å²) in [6.45, 7) is 6.45. The molecular weight excluding hydrogens is 246 g/mol. The Morgan fingerprint density at radius 1 is 1.58 bits per heavy atom. The average molecular weight is 267 g/mol. The molecule has 0 fully saturated rings. The van der Waals surface area contributed by atoms with Crippen LogP contribution in [0, 0.1) is 0 Å². The van der Waals surface area contributed by atoms with Crippen molar-refractivity contribution in [3.63, 3.8) is 0 Å². The molecule has 1 amide bonds. The van der Waals surface area contributed by atoms with Crippen LogP contribution in [0.25, 0.3) is 0 Å². The van der Waals surface area contributed by atoms with Crippen molar-refractivity contribution in [1.29, 1.82) is 0 Å². The van der Waals surface area contributed by atoms with E-state index in [9.17, 15) is 9.90 Å². The minimum atomic E-state index is -0.513. The number of aliphatic hydroxyl groups is 1. The summed E-state index contributed by atoms with van der Waals surface area (Å²) < 4.78 is 7.14. The lowest BCUT2D eigenvalue weighted by Crippen LogP contribution is -2.42. The van der Waals surface area contributed by atoms with Gasteiger partial charge >= 0.3 is 6.09 Å². The molecule has 1 atom stereocenters.